The molecule has 1 rings (SSSR count). The number of benzene rings is 1. The van der Waals surface area contributed by atoms with Crippen molar-refractivity contribution in [3.05, 3.63) is 29.8 Å². The fraction of sp³-hybridized carbons (Fsp3) is 0.571. The quantitative estimate of drug-likeness (QED) is 0.758. The number of para-hydroxylation sites is 1. The molecule has 2 nitrogen and oxygen atoms in total. The number of nitrogens with two attached hydrogens (primary N) is 1. The Labute approximate surface area is 99.0 Å². The van der Waals surface area contributed by atoms with Crippen LogP contribution in [0, 0.1) is 0 Å². The minimum Gasteiger partial charge on any atom is -0.487 e. The summed E-state index contributed by atoms with van der Waals surface area (Å²) in [5.74, 6) is 1.03. The van der Waals surface area contributed by atoms with E-state index in [0.717, 1.165) is 25.3 Å². The maximum atomic E-state index is 5.79. The topological polar surface area (TPSA) is 25.8 Å². The first kappa shape index (κ1) is 13.0. The second-order valence-corrected chi connectivity index (χ2v) is 5.17. The Hall–Kier alpha value is -1.02. The highest BCUT2D eigenvalue weighted by Gasteiger charge is 2.12. The molecule has 2 heteroatoms. The van der Waals surface area contributed by atoms with Gasteiger partial charge in [-0.05, 0) is 38.8 Å². The fourth-order valence-electron chi connectivity index (χ4n) is 1.60. The first-order valence-corrected chi connectivity index (χ1v) is 6.08. The number of aryl methyl sites for hydroxylation is 1. The maximum absolute atomic E-state index is 5.79. The molecule has 90 valence electrons. The molecular weight excluding hydrogens is 198 g/mol. The van der Waals surface area contributed by atoms with Crippen LogP contribution >= 0.6 is 0 Å². The molecule has 0 radical (unpaired) electrons. The van der Waals surface area contributed by atoms with Gasteiger partial charge in [0.1, 0.15) is 18.9 Å². The van der Waals surface area contributed by atoms with Crippen LogP contribution in [0.3, 0.4) is 0 Å². The molecule has 1 aromatic carbocycles. The summed E-state index contributed by atoms with van der Waals surface area (Å²) in [7, 11) is 0. The van der Waals surface area contributed by atoms with Gasteiger partial charge in [-0.1, -0.05) is 25.1 Å². The largest absolute Gasteiger partial charge is 0.487 e. The summed E-state index contributed by atoms with van der Waals surface area (Å²) in [4.78, 5) is 0. The van der Waals surface area contributed by atoms with Gasteiger partial charge in [-0.15, -0.1) is 0 Å². The van der Waals surface area contributed by atoms with E-state index < -0.39 is 0 Å². The molecule has 0 spiro atoms. The van der Waals surface area contributed by atoms with Crippen molar-refractivity contribution in [3.63, 3.8) is 0 Å². The molecule has 0 unspecified atom stereocenters. The Kier molecular flexibility index (Phi) is 4.81. The van der Waals surface area contributed by atoms with Crippen LogP contribution in [-0.2, 0) is 6.42 Å². The first-order chi connectivity index (χ1) is 7.53. The number of quaternary nitrogens is 1. The van der Waals surface area contributed by atoms with E-state index in [-0.39, 0.29) is 5.54 Å². The van der Waals surface area contributed by atoms with Crippen molar-refractivity contribution < 1.29 is 10.1 Å². The molecule has 0 heterocycles. The minimum atomic E-state index is 0.285. The van der Waals surface area contributed by atoms with Crippen LogP contribution in [0.4, 0.5) is 0 Å². The van der Waals surface area contributed by atoms with Gasteiger partial charge in [0.25, 0.3) is 0 Å². The van der Waals surface area contributed by atoms with Gasteiger partial charge in [0.2, 0.25) is 0 Å². The SMILES string of the molecule is CCc1ccccc1OCC[NH2+]C(C)(C)C. The van der Waals surface area contributed by atoms with E-state index in [1.807, 2.05) is 6.07 Å². The molecule has 0 fully saturated rings. The van der Waals surface area contributed by atoms with Crippen LogP contribution in [0.15, 0.2) is 24.3 Å². The molecule has 2 N–H and O–H groups in total. The lowest BCUT2D eigenvalue weighted by Gasteiger charge is -2.17. The van der Waals surface area contributed by atoms with Gasteiger partial charge in [0, 0.05) is 0 Å². The number of ether oxygens (including phenoxy) is 1. The molecule has 0 amide bonds. The van der Waals surface area contributed by atoms with Crippen LogP contribution in [-0.4, -0.2) is 18.7 Å². The van der Waals surface area contributed by atoms with E-state index in [0.29, 0.717) is 0 Å². The highest BCUT2D eigenvalue weighted by Crippen LogP contribution is 2.17. The summed E-state index contributed by atoms with van der Waals surface area (Å²) in [6.45, 7) is 10.6. The van der Waals surface area contributed by atoms with Crippen molar-refractivity contribution >= 4 is 0 Å². The van der Waals surface area contributed by atoms with Crippen molar-refractivity contribution in [2.75, 3.05) is 13.2 Å². The zero-order valence-electron chi connectivity index (χ0n) is 10.9. The second-order valence-electron chi connectivity index (χ2n) is 5.17. The average molecular weight is 222 g/mol. The molecule has 0 aromatic heterocycles. The van der Waals surface area contributed by atoms with Gasteiger partial charge in [-0.3, -0.25) is 0 Å². The zero-order valence-corrected chi connectivity index (χ0v) is 10.9. The van der Waals surface area contributed by atoms with Gasteiger partial charge < -0.3 is 10.1 Å². The molecule has 16 heavy (non-hydrogen) atoms. The van der Waals surface area contributed by atoms with Gasteiger partial charge >= 0.3 is 0 Å². The molecule has 0 bridgehead atoms. The molecular formula is C14H24NO+. The summed E-state index contributed by atoms with van der Waals surface area (Å²) in [5, 5.41) is 2.31. The number of hydrogen-bond acceptors (Lipinski definition) is 1. The third-order valence-electron chi connectivity index (χ3n) is 2.49. The normalized spacial score (nSPS) is 11.5. The minimum absolute atomic E-state index is 0.285. The van der Waals surface area contributed by atoms with Crippen LogP contribution in [0.1, 0.15) is 33.3 Å². The predicted molar refractivity (Wildman–Crippen MR) is 67.9 cm³/mol. The lowest BCUT2D eigenvalue weighted by atomic mass is 10.1. The summed E-state index contributed by atoms with van der Waals surface area (Å²) in [6.07, 6.45) is 1.03. The molecule has 0 aliphatic carbocycles. The lowest BCUT2D eigenvalue weighted by molar-refractivity contribution is -0.717. The van der Waals surface area contributed by atoms with Crippen molar-refractivity contribution in [1.82, 2.24) is 0 Å². The van der Waals surface area contributed by atoms with E-state index in [1.54, 1.807) is 0 Å². The Morgan fingerprint density at radius 1 is 1.19 bits per heavy atom. The second kappa shape index (κ2) is 5.90. The van der Waals surface area contributed by atoms with Crippen LogP contribution in [0.2, 0.25) is 0 Å². The third-order valence-corrected chi connectivity index (χ3v) is 2.49. The fourth-order valence-corrected chi connectivity index (χ4v) is 1.60. The van der Waals surface area contributed by atoms with Crippen molar-refractivity contribution in [2.45, 2.75) is 39.7 Å². The summed E-state index contributed by atoms with van der Waals surface area (Å²) in [5.41, 5.74) is 1.58. The Balaban J connectivity index is 2.37. The van der Waals surface area contributed by atoms with Crippen LogP contribution in [0.25, 0.3) is 0 Å². The van der Waals surface area contributed by atoms with Crippen molar-refractivity contribution in [2.24, 2.45) is 0 Å². The Morgan fingerprint density at radius 3 is 2.50 bits per heavy atom. The standard InChI is InChI=1S/C14H23NO/c1-5-12-8-6-7-9-13(12)16-11-10-15-14(2,3)4/h6-9,15H,5,10-11H2,1-4H3/p+1. The summed E-state index contributed by atoms with van der Waals surface area (Å²) < 4.78 is 5.79. The van der Waals surface area contributed by atoms with Crippen molar-refractivity contribution in [1.29, 1.82) is 0 Å². The average Bonchev–Trinajstić information content (AvgIpc) is 2.23. The third kappa shape index (κ3) is 4.67. The molecule has 0 aliphatic heterocycles. The highest BCUT2D eigenvalue weighted by molar-refractivity contribution is 5.33. The summed E-state index contributed by atoms with van der Waals surface area (Å²) in [6, 6.07) is 8.27. The smallest absolute Gasteiger partial charge is 0.137 e. The molecule has 1 aromatic rings. The molecule has 0 saturated heterocycles. The van der Waals surface area contributed by atoms with E-state index in [4.69, 9.17) is 4.74 Å². The van der Waals surface area contributed by atoms with E-state index in [9.17, 15) is 0 Å². The van der Waals surface area contributed by atoms with Crippen LogP contribution in [0.5, 0.6) is 5.75 Å². The van der Waals surface area contributed by atoms with Crippen LogP contribution < -0.4 is 10.1 Å². The van der Waals surface area contributed by atoms with Gasteiger partial charge in [0.05, 0.1) is 5.54 Å². The van der Waals surface area contributed by atoms with E-state index >= 15 is 0 Å². The Bertz CT molecular complexity index is 315. The first-order valence-electron chi connectivity index (χ1n) is 6.08. The van der Waals surface area contributed by atoms with Gasteiger partial charge in [-0.25, -0.2) is 0 Å². The van der Waals surface area contributed by atoms with Crippen molar-refractivity contribution in [3.8, 4) is 5.75 Å². The Morgan fingerprint density at radius 2 is 1.88 bits per heavy atom. The number of rotatable bonds is 5. The number of hydrogen-bond donors (Lipinski definition) is 1. The highest BCUT2D eigenvalue weighted by atomic mass is 16.5. The molecule has 0 atom stereocenters. The predicted octanol–water partition coefficient (Wildman–Crippen LogP) is 1.99. The zero-order chi connectivity index (χ0) is 12.0. The van der Waals surface area contributed by atoms with Gasteiger partial charge in [-0.2, -0.15) is 0 Å². The molecule has 0 aliphatic rings. The monoisotopic (exact) mass is 222 g/mol. The van der Waals surface area contributed by atoms with Gasteiger partial charge in [0.15, 0.2) is 0 Å². The van der Waals surface area contributed by atoms with E-state index in [1.165, 1.54) is 5.56 Å². The lowest BCUT2D eigenvalue weighted by Crippen LogP contribution is -2.95. The van der Waals surface area contributed by atoms with E-state index in [2.05, 4.69) is 51.2 Å². The molecule has 0 saturated carbocycles. The summed E-state index contributed by atoms with van der Waals surface area (Å²) >= 11 is 0. The maximum Gasteiger partial charge on any atom is 0.137 e.